The highest BCUT2D eigenvalue weighted by Crippen LogP contribution is 2.40. The molecule has 2 atom stereocenters. The van der Waals surface area contributed by atoms with E-state index in [2.05, 4.69) is 22.2 Å². The van der Waals surface area contributed by atoms with Crippen LogP contribution in [-0.4, -0.2) is 41.0 Å². The number of hydrogen-bond acceptors (Lipinski definition) is 7. The first-order chi connectivity index (χ1) is 18.2. The summed E-state index contributed by atoms with van der Waals surface area (Å²) in [6, 6.07) is 13.0. The molecule has 1 amide bonds. The Hall–Kier alpha value is -3.98. The van der Waals surface area contributed by atoms with Crippen molar-refractivity contribution in [2.24, 2.45) is 5.92 Å². The van der Waals surface area contributed by atoms with Crippen LogP contribution in [0.1, 0.15) is 57.0 Å². The molecule has 2 heterocycles. The van der Waals surface area contributed by atoms with Gasteiger partial charge in [-0.1, -0.05) is 36.8 Å². The Morgan fingerprint density at radius 1 is 1.13 bits per heavy atom. The Kier molecular flexibility index (Phi) is 7.03. The fraction of sp³-hybridized carbons (Fsp3) is 0.310. The summed E-state index contributed by atoms with van der Waals surface area (Å²) >= 11 is 1.39. The number of carbonyl (C=O) groups excluding carboxylic acids is 3. The third-order valence-corrected chi connectivity index (χ3v) is 8.00. The Morgan fingerprint density at radius 2 is 1.89 bits per heavy atom. The van der Waals surface area contributed by atoms with Crippen molar-refractivity contribution >= 4 is 45.2 Å². The lowest BCUT2D eigenvalue weighted by molar-refractivity contribution is -0.123. The maximum atomic E-state index is 13.0. The number of nitrogens with zero attached hydrogens (tertiary/aromatic N) is 1. The van der Waals surface area contributed by atoms with Gasteiger partial charge in [0.1, 0.15) is 10.8 Å². The lowest BCUT2D eigenvalue weighted by Gasteiger charge is -2.18. The fourth-order valence-electron chi connectivity index (χ4n) is 4.64. The van der Waals surface area contributed by atoms with E-state index in [4.69, 9.17) is 9.47 Å². The summed E-state index contributed by atoms with van der Waals surface area (Å²) in [5, 5.41) is 3.23. The molecular formula is C29H29N3O5S. The number of aromatic amines is 1. The van der Waals surface area contributed by atoms with Crippen molar-refractivity contribution in [3.63, 3.8) is 0 Å². The largest absolute Gasteiger partial charge is 0.465 e. The Bertz CT molecular complexity index is 1540. The Labute approximate surface area is 224 Å². The van der Waals surface area contributed by atoms with Gasteiger partial charge in [-0.15, -0.1) is 11.3 Å². The molecule has 2 aromatic heterocycles. The minimum Gasteiger partial charge on any atom is -0.465 e. The number of nitrogens with one attached hydrogen (secondary N) is 2. The van der Waals surface area contributed by atoms with Crippen LogP contribution in [0.15, 0.2) is 42.5 Å². The number of methoxy groups -OCH3 is 1. The van der Waals surface area contributed by atoms with E-state index in [1.54, 1.807) is 18.2 Å². The molecule has 0 spiro atoms. The number of anilines is 1. The molecule has 4 aromatic rings. The predicted molar refractivity (Wildman–Crippen MR) is 147 cm³/mol. The zero-order valence-corrected chi connectivity index (χ0v) is 22.5. The van der Waals surface area contributed by atoms with Crippen LogP contribution in [0.5, 0.6) is 0 Å². The van der Waals surface area contributed by atoms with Crippen molar-refractivity contribution < 1.29 is 23.9 Å². The summed E-state index contributed by atoms with van der Waals surface area (Å²) in [7, 11) is 1.33. The van der Waals surface area contributed by atoms with E-state index < -0.39 is 23.9 Å². The van der Waals surface area contributed by atoms with Crippen molar-refractivity contribution in [1.29, 1.82) is 0 Å². The number of esters is 2. The fourth-order valence-corrected chi connectivity index (χ4v) is 6.04. The van der Waals surface area contributed by atoms with Gasteiger partial charge < -0.3 is 19.8 Å². The summed E-state index contributed by atoms with van der Waals surface area (Å²) in [5.41, 5.74) is 5.15. The van der Waals surface area contributed by atoms with Crippen LogP contribution < -0.4 is 5.32 Å². The second-order valence-corrected chi connectivity index (χ2v) is 10.9. The van der Waals surface area contributed by atoms with E-state index in [1.165, 1.54) is 25.4 Å². The highest BCUT2D eigenvalue weighted by molar-refractivity contribution is 7.17. The lowest BCUT2D eigenvalue weighted by Crippen LogP contribution is -2.30. The van der Waals surface area contributed by atoms with Gasteiger partial charge in [-0.25, -0.2) is 14.6 Å². The zero-order valence-electron chi connectivity index (χ0n) is 21.7. The molecule has 0 saturated carbocycles. The molecule has 5 rings (SSSR count). The van der Waals surface area contributed by atoms with E-state index in [-0.39, 0.29) is 0 Å². The van der Waals surface area contributed by atoms with Crippen LogP contribution in [0.2, 0.25) is 0 Å². The first kappa shape index (κ1) is 25.7. The van der Waals surface area contributed by atoms with E-state index in [0.717, 1.165) is 40.8 Å². The second kappa shape index (κ2) is 10.4. The maximum absolute atomic E-state index is 13.0. The zero-order chi connectivity index (χ0) is 27.0. The molecule has 196 valence electrons. The van der Waals surface area contributed by atoms with Gasteiger partial charge >= 0.3 is 11.9 Å². The Morgan fingerprint density at radius 3 is 2.63 bits per heavy atom. The number of H-pyrrole nitrogens is 1. The molecule has 9 heteroatoms. The summed E-state index contributed by atoms with van der Waals surface area (Å²) in [4.78, 5) is 47.3. The van der Waals surface area contributed by atoms with Gasteiger partial charge in [-0.05, 0) is 62.8 Å². The van der Waals surface area contributed by atoms with Crippen LogP contribution in [0.25, 0.3) is 22.4 Å². The Balaban J connectivity index is 1.30. The molecule has 0 saturated heterocycles. The number of amides is 1. The third-order valence-electron chi connectivity index (χ3n) is 6.83. The highest BCUT2D eigenvalue weighted by Gasteiger charge is 2.30. The standard InChI is InChI=1S/C29H29N3O5S/c1-15-5-8-18(9-6-15)25-30-21-12-10-19(14-22(21)31-25)28(34)37-17(3)26(33)32-27-24(29(35)36-4)20-11-7-16(2)13-23(20)38-27/h5-6,8-10,12,14,16-17H,7,11,13H2,1-4H3,(H,30,31)(H,32,33). The smallest absolute Gasteiger partial charge is 0.341 e. The van der Waals surface area contributed by atoms with Gasteiger partial charge in [-0.2, -0.15) is 0 Å². The van der Waals surface area contributed by atoms with E-state index in [0.29, 0.717) is 38.9 Å². The van der Waals surface area contributed by atoms with Gasteiger partial charge in [0.25, 0.3) is 5.91 Å². The van der Waals surface area contributed by atoms with Crippen LogP contribution in [0, 0.1) is 12.8 Å². The van der Waals surface area contributed by atoms with Crippen LogP contribution in [0.3, 0.4) is 0 Å². The summed E-state index contributed by atoms with van der Waals surface area (Å²) in [6.45, 7) is 5.70. The quantitative estimate of drug-likeness (QED) is 0.309. The van der Waals surface area contributed by atoms with Crippen molar-refractivity contribution in [2.75, 3.05) is 12.4 Å². The first-order valence-electron chi connectivity index (χ1n) is 12.5. The van der Waals surface area contributed by atoms with Crippen molar-refractivity contribution in [3.05, 3.63) is 69.6 Å². The van der Waals surface area contributed by atoms with Crippen LogP contribution in [-0.2, 0) is 27.1 Å². The number of aromatic nitrogens is 2. The summed E-state index contributed by atoms with van der Waals surface area (Å²) in [5.74, 6) is -0.411. The monoisotopic (exact) mass is 531 g/mol. The van der Waals surface area contributed by atoms with Crippen LogP contribution >= 0.6 is 11.3 Å². The average Bonchev–Trinajstić information content (AvgIpc) is 3.48. The highest BCUT2D eigenvalue weighted by atomic mass is 32.1. The molecule has 2 unspecified atom stereocenters. The molecule has 1 aliphatic rings. The number of thiophene rings is 1. The van der Waals surface area contributed by atoms with E-state index in [9.17, 15) is 14.4 Å². The van der Waals surface area contributed by atoms with Gasteiger partial charge in [0, 0.05) is 10.4 Å². The molecule has 1 aliphatic carbocycles. The van der Waals surface area contributed by atoms with Gasteiger partial charge in [0.05, 0.1) is 29.3 Å². The minimum absolute atomic E-state index is 0.298. The molecular weight excluding hydrogens is 502 g/mol. The van der Waals surface area contributed by atoms with Gasteiger partial charge in [-0.3, -0.25) is 4.79 Å². The number of ether oxygens (including phenoxy) is 2. The molecule has 0 radical (unpaired) electrons. The van der Waals surface area contributed by atoms with Gasteiger partial charge in [0.2, 0.25) is 0 Å². The molecule has 0 bridgehead atoms. The molecule has 38 heavy (non-hydrogen) atoms. The van der Waals surface area contributed by atoms with E-state index >= 15 is 0 Å². The topological polar surface area (TPSA) is 110 Å². The second-order valence-electron chi connectivity index (χ2n) is 9.77. The maximum Gasteiger partial charge on any atom is 0.341 e. The van der Waals surface area contributed by atoms with Crippen molar-refractivity contribution in [3.8, 4) is 11.4 Å². The summed E-state index contributed by atoms with van der Waals surface area (Å²) < 4.78 is 10.5. The number of carbonyl (C=O) groups is 3. The average molecular weight is 532 g/mol. The number of fused-ring (bicyclic) bond motifs is 2. The van der Waals surface area contributed by atoms with Gasteiger partial charge in [0.15, 0.2) is 6.10 Å². The number of benzene rings is 2. The number of aryl methyl sites for hydroxylation is 1. The number of imidazole rings is 1. The summed E-state index contributed by atoms with van der Waals surface area (Å²) in [6.07, 6.45) is 1.51. The normalized spacial score (nSPS) is 15.5. The first-order valence-corrected chi connectivity index (χ1v) is 13.4. The molecule has 2 aromatic carbocycles. The lowest BCUT2D eigenvalue weighted by atomic mass is 9.88. The van der Waals surface area contributed by atoms with Crippen molar-refractivity contribution in [1.82, 2.24) is 9.97 Å². The molecule has 2 N–H and O–H groups in total. The van der Waals surface area contributed by atoms with Crippen LogP contribution in [0.4, 0.5) is 5.00 Å². The SMILES string of the molecule is COC(=O)c1c(NC(=O)C(C)OC(=O)c2ccc3nc(-c4ccc(C)cc4)[nH]c3c2)sc2c1CCC(C)C2. The number of rotatable bonds is 6. The third kappa shape index (κ3) is 5.06. The minimum atomic E-state index is -1.08. The molecule has 8 nitrogen and oxygen atoms in total. The predicted octanol–water partition coefficient (Wildman–Crippen LogP) is 5.70. The molecule has 0 fully saturated rings. The van der Waals surface area contributed by atoms with E-state index in [1.807, 2.05) is 31.2 Å². The number of hydrogen-bond donors (Lipinski definition) is 2. The molecule has 0 aliphatic heterocycles. The van der Waals surface area contributed by atoms with Crippen molar-refractivity contribution in [2.45, 2.75) is 46.1 Å².